The van der Waals surface area contributed by atoms with Crippen molar-refractivity contribution >= 4 is 39.4 Å². The fourth-order valence-corrected chi connectivity index (χ4v) is 5.14. The average Bonchev–Trinajstić information content (AvgIpc) is 3.32. The number of primary amides is 1. The minimum absolute atomic E-state index is 0.0183. The molecule has 9 nitrogen and oxygen atoms in total. The van der Waals surface area contributed by atoms with Gasteiger partial charge in [-0.25, -0.2) is 4.98 Å². The number of ether oxygens (including phenoxy) is 2. The Morgan fingerprint density at radius 2 is 1.62 bits per heavy atom. The monoisotopic (exact) mass is 499 g/mol. The highest BCUT2D eigenvalue weighted by Crippen LogP contribution is 2.32. The van der Waals surface area contributed by atoms with E-state index in [2.05, 4.69) is 34.1 Å². The molecule has 2 aromatic heterocycles. The zero-order valence-electron chi connectivity index (χ0n) is 20.5. The largest absolute Gasteiger partial charge is 0.378 e. The first-order chi connectivity index (χ1) is 18.1. The van der Waals surface area contributed by atoms with Crippen LogP contribution >= 0.6 is 0 Å². The lowest BCUT2D eigenvalue weighted by atomic mass is 10.0. The van der Waals surface area contributed by atoms with Crippen LogP contribution in [0.1, 0.15) is 15.9 Å². The lowest BCUT2D eigenvalue weighted by Crippen LogP contribution is -2.40. The summed E-state index contributed by atoms with van der Waals surface area (Å²) in [5, 5.41) is 0.894. The summed E-state index contributed by atoms with van der Waals surface area (Å²) in [4.78, 5) is 37.4. The van der Waals surface area contributed by atoms with Crippen molar-refractivity contribution in [3.63, 3.8) is 0 Å². The molecule has 2 saturated heterocycles. The van der Waals surface area contributed by atoms with Crippen molar-refractivity contribution < 1.29 is 19.1 Å². The van der Waals surface area contributed by atoms with Crippen molar-refractivity contribution in [2.75, 3.05) is 57.5 Å². The number of rotatable bonds is 5. The molecule has 6 rings (SSSR count). The van der Waals surface area contributed by atoms with E-state index in [1.807, 2.05) is 29.2 Å². The van der Waals surface area contributed by atoms with Crippen molar-refractivity contribution in [1.29, 1.82) is 0 Å². The fraction of sp³-hybridized carbons (Fsp3) is 0.321. The number of H-pyrrole nitrogens is 1. The summed E-state index contributed by atoms with van der Waals surface area (Å²) in [5.41, 5.74) is 12.2. The van der Waals surface area contributed by atoms with Crippen LogP contribution in [0.15, 0.2) is 48.5 Å². The highest BCUT2D eigenvalue weighted by atomic mass is 16.5. The predicted molar refractivity (Wildman–Crippen MR) is 142 cm³/mol. The van der Waals surface area contributed by atoms with E-state index < -0.39 is 5.91 Å². The Labute approximate surface area is 214 Å². The third-order valence-electron chi connectivity index (χ3n) is 7.08. The summed E-state index contributed by atoms with van der Waals surface area (Å²) < 4.78 is 10.8. The molecule has 0 spiro atoms. The number of hydrogen-bond acceptors (Lipinski definition) is 6. The van der Waals surface area contributed by atoms with Gasteiger partial charge in [0, 0.05) is 53.9 Å². The van der Waals surface area contributed by atoms with Gasteiger partial charge in [-0.15, -0.1) is 0 Å². The molecule has 2 aliphatic rings. The van der Waals surface area contributed by atoms with E-state index >= 15 is 0 Å². The molecule has 0 aliphatic carbocycles. The van der Waals surface area contributed by atoms with Crippen molar-refractivity contribution in [2.45, 2.75) is 6.42 Å². The van der Waals surface area contributed by atoms with E-state index in [-0.39, 0.29) is 12.3 Å². The van der Waals surface area contributed by atoms with Crippen LogP contribution in [0, 0.1) is 0 Å². The van der Waals surface area contributed by atoms with E-state index in [1.54, 1.807) is 0 Å². The molecule has 0 saturated carbocycles. The Kier molecular flexibility index (Phi) is 6.23. The number of aromatic nitrogens is 2. The number of morpholine rings is 2. The molecule has 4 heterocycles. The Morgan fingerprint density at radius 1 is 0.919 bits per heavy atom. The summed E-state index contributed by atoms with van der Waals surface area (Å²) in [5.74, 6) is -0.432. The van der Waals surface area contributed by atoms with Gasteiger partial charge in [-0.3, -0.25) is 9.59 Å². The third kappa shape index (κ3) is 4.63. The number of carbonyl (C=O) groups excluding carboxylic acids is 2. The van der Waals surface area contributed by atoms with Gasteiger partial charge < -0.3 is 30.0 Å². The Morgan fingerprint density at radius 3 is 2.32 bits per heavy atom. The normalized spacial score (nSPS) is 16.4. The van der Waals surface area contributed by atoms with Gasteiger partial charge in [0.2, 0.25) is 5.91 Å². The van der Waals surface area contributed by atoms with Gasteiger partial charge in [0.05, 0.1) is 49.6 Å². The lowest BCUT2D eigenvalue weighted by molar-refractivity contribution is -0.117. The van der Waals surface area contributed by atoms with Crippen LogP contribution in [-0.4, -0.2) is 79.3 Å². The molecule has 2 amide bonds. The summed E-state index contributed by atoms with van der Waals surface area (Å²) in [6.07, 6.45) is 0.0876. The van der Waals surface area contributed by atoms with Gasteiger partial charge in [0.25, 0.3) is 5.91 Å². The lowest BCUT2D eigenvalue weighted by Gasteiger charge is -2.28. The topological polar surface area (TPSA) is 114 Å². The molecule has 37 heavy (non-hydrogen) atoms. The number of fused-ring (bicyclic) bond motifs is 3. The summed E-state index contributed by atoms with van der Waals surface area (Å²) in [7, 11) is 0. The van der Waals surface area contributed by atoms with Crippen LogP contribution in [0.5, 0.6) is 0 Å². The average molecular weight is 500 g/mol. The number of nitrogens with zero attached hydrogens (tertiary/aromatic N) is 3. The van der Waals surface area contributed by atoms with Crippen molar-refractivity contribution in [1.82, 2.24) is 14.9 Å². The second-order valence-electron chi connectivity index (χ2n) is 9.47. The highest BCUT2D eigenvalue weighted by molar-refractivity contribution is 6.09. The molecule has 0 unspecified atom stereocenters. The fourth-order valence-electron chi connectivity index (χ4n) is 5.14. The number of aromatic amines is 1. The number of amides is 2. The second-order valence-corrected chi connectivity index (χ2v) is 9.47. The summed E-state index contributed by atoms with van der Waals surface area (Å²) in [6.45, 7) is 5.49. The van der Waals surface area contributed by atoms with Crippen molar-refractivity contribution in [3.8, 4) is 11.3 Å². The quantitative estimate of drug-likeness (QED) is 0.437. The molecule has 2 aromatic carbocycles. The smallest absolute Gasteiger partial charge is 0.254 e. The van der Waals surface area contributed by atoms with E-state index in [4.69, 9.17) is 20.2 Å². The van der Waals surface area contributed by atoms with Gasteiger partial charge in [-0.2, -0.15) is 0 Å². The van der Waals surface area contributed by atoms with Gasteiger partial charge in [0.1, 0.15) is 0 Å². The van der Waals surface area contributed by atoms with Gasteiger partial charge in [-0.05, 0) is 42.0 Å². The molecular weight excluding hydrogens is 470 g/mol. The number of anilines is 1. The highest BCUT2D eigenvalue weighted by Gasteiger charge is 2.21. The van der Waals surface area contributed by atoms with Crippen LogP contribution in [-0.2, 0) is 20.7 Å². The molecule has 0 radical (unpaired) electrons. The van der Waals surface area contributed by atoms with Crippen LogP contribution in [0.25, 0.3) is 33.2 Å². The summed E-state index contributed by atoms with van der Waals surface area (Å²) >= 11 is 0. The number of benzene rings is 2. The molecule has 0 bridgehead atoms. The number of pyridine rings is 1. The van der Waals surface area contributed by atoms with Crippen molar-refractivity contribution in [2.24, 2.45) is 5.73 Å². The zero-order chi connectivity index (χ0) is 25.4. The maximum Gasteiger partial charge on any atom is 0.254 e. The van der Waals surface area contributed by atoms with E-state index in [9.17, 15) is 9.59 Å². The molecule has 4 aromatic rings. The molecule has 2 fully saturated rings. The number of nitrogens with one attached hydrogen (secondary N) is 1. The third-order valence-corrected chi connectivity index (χ3v) is 7.08. The Balaban J connectivity index is 1.39. The standard InChI is InChI=1S/C28H29N5O4/c29-25(34)17-20-16-23(18-1-4-21(5-2-18)32-7-11-36-12-8-32)30-27-22-6-3-19(15-24(22)31-26(20)27)28(35)33-9-13-37-14-10-33/h1-6,15-16,31H,7-14,17H2,(H2,29,34). The minimum atomic E-state index is -0.414. The van der Waals surface area contributed by atoms with E-state index in [0.717, 1.165) is 70.7 Å². The molecule has 3 N–H and O–H groups in total. The Bertz CT molecular complexity index is 1470. The second kappa shape index (κ2) is 9.84. The van der Waals surface area contributed by atoms with Gasteiger partial charge >= 0.3 is 0 Å². The van der Waals surface area contributed by atoms with Crippen LogP contribution in [0.2, 0.25) is 0 Å². The van der Waals surface area contributed by atoms with Gasteiger partial charge in [0.15, 0.2) is 0 Å². The van der Waals surface area contributed by atoms with Crippen molar-refractivity contribution in [3.05, 3.63) is 59.7 Å². The summed E-state index contributed by atoms with van der Waals surface area (Å²) in [6, 6.07) is 15.9. The van der Waals surface area contributed by atoms with E-state index in [1.165, 1.54) is 0 Å². The Hall–Kier alpha value is -3.95. The zero-order valence-corrected chi connectivity index (χ0v) is 20.5. The molecule has 0 atom stereocenters. The molecular formula is C28H29N5O4. The molecule has 2 aliphatic heterocycles. The molecule has 190 valence electrons. The van der Waals surface area contributed by atoms with E-state index in [0.29, 0.717) is 31.9 Å². The van der Waals surface area contributed by atoms with Crippen LogP contribution in [0.4, 0.5) is 5.69 Å². The number of nitrogens with two attached hydrogens (primary N) is 1. The van der Waals surface area contributed by atoms with Gasteiger partial charge in [-0.1, -0.05) is 12.1 Å². The SMILES string of the molecule is NC(=O)Cc1cc(-c2ccc(N3CCOCC3)cc2)nc2c1[nH]c1cc(C(=O)N3CCOCC3)ccc12. The molecule has 9 heteroatoms. The minimum Gasteiger partial charge on any atom is -0.378 e. The first-order valence-electron chi connectivity index (χ1n) is 12.6. The predicted octanol–water partition coefficient (Wildman–Crippen LogP) is 2.72. The first-order valence-corrected chi connectivity index (χ1v) is 12.6. The van der Waals surface area contributed by atoms with Crippen LogP contribution < -0.4 is 10.6 Å². The number of hydrogen-bond donors (Lipinski definition) is 2. The van der Waals surface area contributed by atoms with Crippen LogP contribution in [0.3, 0.4) is 0 Å². The number of carbonyl (C=O) groups is 2. The maximum atomic E-state index is 13.0. The first kappa shape index (κ1) is 23.4. The maximum absolute atomic E-state index is 13.0.